The molecule has 0 aromatic heterocycles. The van der Waals surface area contributed by atoms with Gasteiger partial charge in [-0.2, -0.15) is 30.7 Å². The van der Waals surface area contributed by atoms with Gasteiger partial charge in [-0.3, -0.25) is 4.90 Å². The van der Waals surface area contributed by atoms with Gasteiger partial charge in [-0.25, -0.2) is 0 Å². The fourth-order valence-electron chi connectivity index (χ4n) is 3.03. The fourth-order valence-corrected chi connectivity index (χ4v) is 3.03. The van der Waals surface area contributed by atoms with Crippen LogP contribution in [0.1, 0.15) is 26.2 Å². The Morgan fingerprint density at radius 1 is 1.15 bits per heavy atom. The summed E-state index contributed by atoms with van der Waals surface area (Å²) in [6, 6.07) is -0.997. The minimum absolute atomic E-state index is 0.263. The van der Waals surface area contributed by atoms with E-state index in [0.717, 1.165) is 5.57 Å². The molecule has 0 saturated carbocycles. The fraction of sp³-hybridized carbons (Fsp3) is 0.647. The predicted molar refractivity (Wildman–Crippen MR) is 84.2 cm³/mol. The van der Waals surface area contributed by atoms with Gasteiger partial charge in [0, 0.05) is 18.6 Å². The molecule has 0 aliphatic carbocycles. The third-order valence-electron chi connectivity index (χ3n) is 4.35. The Balaban J connectivity index is 3.14. The van der Waals surface area contributed by atoms with Crippen LogP contribution in [0.4, 0.5) is 30.7 Å². The van der Waals surface area contributed by atoms with Gasteiger partial charge < -0.3 is 5.11 Å². The zero-order valence-electron chi connectivity index (χ0n) is 14.2. The summed E-state index contributed by atoms with van der Waals surface area (Å²) in [4.78, 5) is 1.31. The zero-order valence-corrected chi connectivity index (χ0v) is 14.2. The number of aliphatic hydroxyl groups is 1. The maximum absolute atomic E-state index is 13.7. The van der Waals surface area contributed by atoms with Gasteiger partial charge in [0.2, 0.25) is 0 Å². The summed E-state index contributed by atoms with van der Waals surface area (Å²) in [5, 5.41) is 9.62. The lowest BCUT2D eigenvalue weighted by molar-refractivity contribution is -0.371. The molecular formula is C17H22F7NO. The van der Waals surface area contributed by atoms with Crippen molar-refractivity contribution in [3.05, 3.63) is 37.0 Å². The molecule has 0 radical (unpaired) electrons. The molecule has 0 saturated heterocycles. The van der Waals surface area contributed by atoms with E-state index in [9.17, 15) is 35.8 Å². The first-order valence-corrected chi connectivity index (χ1v) is 7.94. The van der Waals surface area contributed by atoms with Gasteiger partial charge in [0.25, 0.3) is 0 Å². The van der Waals surface area contributed by atoms with Crippen LogP contribution in [0.3, 0.4) is 0 Å². The first kappa shape index (κ1) is 22.7. The Morgan fingerprint density at radius 3 is 2.15 bits per heavy atom. The molecule has 150 valence electrons. The van der Waals surface area contributed by atoms with Crippen molar-refractivity contribution in [1.82, 2.24) is 4.90 Å². The molecular weight excluding hydrogens is 367 g/mol. The largest absolute Gasteiger partial charge is 0.459 e. The summed E-state index contributed by atoms with van der Waals surface area (Å²) in [7, 11) is 0. The smallest absolute Gasteiger partial charge is 0.385 e. The van der Waals surface area contributed by atoms with Crippen molar-refractivity contribution in [2.75, 3.05) is 6.54 Å². The quantitative estimate of drug-likeness (QED) is 0.480. The summed E-state index contributed by atoms with van der Waals surface area (Å²) >= 11 is 0. The van der Waals surface area contributed by atoms with E-state index in [1.54, 1.807) is 13.0 Å². The van der Waals surface area contributed by atoms with Crippen LogP contribution >= 0.6 is 0 Å². The molecule has 0 aromatic rings. The van der Waals surface area contributed by atoms with Gasteiger partial charge >= 0.3 is 18.0 Å². The average molecular weight is 389 g/mol. The van der Waals surface area contributed by atoms with Gasteiger partial charge in [-0.15, -0.1) is 13.2 Å². The Hall–Kier alpha value is -1.35. The SMILES string of the molecule is C=CCC1C=C(C)CC(CC=C)N1CC(O)C(F)(F)C(F)(F)C(F)(F)F. The van der Waals surface area contributed by atoms with Gasteiger partial charge in [0.1, 0.15) is 6.10 Å². The Labute approximate surface area is 147 Å². The summed E-state index contributed by atoms with van der Waals surface area (Å²) in [6.45, 7) is 7.82. The first-order chi connectivity index (χ1) is 11.8. The minimum Gasteiger partial charge on any atom is -0.385 e. The number of aliphatic hydroxyl groups excluding tert-OH is 1. The van der Waals surface area contributed by atoms with E-state index in [2.05, 4.69) is 13.2 Å². The molecule has 1 aliphatic heterocycles. The number of β-amino-alcohol motifs (C(OH)–C–C–N with tert-alkyl or cyclic N) is 1. The molecule has 1 heterocycles. The molecule has 0 bridgehead atoms. The summed E-state index contributed by atoms with van der Waals surface area (Å²) in [5.41, 5.74) is 0.918. The molecule has 2 nitrogen and oxygen atoms in total. The molecule has 0 amide bonds. The Bertz CT molecular complexity index is 542. The first-order valence-electron chi connectivity index (χ1n) is 7.94. The van der Waals surface area contributed by atoms with Crippen molar-refractivity contribution in [1.29, 1.82) is 0 Å². The third-order valence-corrected chi connectivity index (χ3v) is 4.35. The monoisotopic (exact) mass is 389 g/mol. The van der Waals surface area contributed by atoms with E-state index in [4.69, 9.17) is 0 Å². The van der Waals surface area contributed by atoms with Crippen molar-refractivity contribution < 1.29 is 35.8 Å². The maximum Gasteiger partial charge on any atom is 0.459 e. The lowest BCUT2D eigenvalue weighted by atomic mass is 9.91. The van der Waals surface area contributed by atoms with Crippen LogP contribution in [-0.4, -0.2) is 52.8 Å². The van der Waals surface area contributed by atoms with E-state index < -0.39 is 42.8 Å². The molecule has 0 fully saturated rings. The normalized spacial score (nSPS) is 24.1. The van der Waals surface area contributed by atoms with E-state index in [1.807, 2.05) is 0 Å². The third kappa shape index (κ3) is 4.49. The highest BCUT2D eigenvalue weighted by molar-refractivity contribution is 5.15. The van der Waals surface area contributed by atoms with Crippen LogP contribution in [-0.2, 0) is 0 Å². The van der Waals surface area contributed by atoms with Crippen LogP contribution in [0.25, 0.3) is 0 Å². The molecule has 9 heteroatoms. The van der Waals surface area contributed by atoms with Gasteiger partial charge in [-0.1, -0.05) is 23.8 Å². The molecule has 1 aliphatic rings. The van der Waals surface area contributed by atoms with Crippen LogP contribution < -0.4 is 0 Å². The second-order valence-electron chi connectivity index (χ2n) is 6.39. The van der Waals surface area contributed by atoms with Gasteiger partial charge in [0.15, 0.2) is 0 Å². The standard InChI is InChI=1S/C17H22F7NO/c1-4-6-12-8-11(3)9-13(7-5-2)25(12)10-14(26)15(18,19)16(20,21)17(22,23)24/h4-5,8,12-14,26H,1-2,6-7,9-10H2,3H3. The summed E-state index contributed by atoms with van der Waals surface area (Å²) in [6.07, 6.45) is -4.04. The second-order valence-corrected chi connectivity index (χ2v) is 6.39. The van der Waals surface area contributed by atoms with E-state index in [1.165, 1.54) is 17.1 Å². The van der Waals surface area contributed by atoms with E-state index in [-0.39, 0.29) is 6.42 Å². The van der Waals surface area contributed by atoms with Crippen molar-refractivity contribution in [2.24, 2.45) is 0 Å². The van der Waals surface area contributed by atoms with E-state index >= 15 is 0 Å². The number of rotatable bonds is 8. The van der Waals surface area contributed by atoms with Crippen LogP contribution in [0.2, 0.25) is 0 Å². The number of hydrogen-bond acceptors (Lipinski definition) is 2. The molecule has 1 rings (SSSR count). The molecule has 0 aromatic carbocycles. The molecule has 0 spiro atoms. The summed E-state index contributed by atoms with van der Waals surface area (Å²) < 4.78 is 90.8. The number of nitrogens with zero attached hydrogens (tertiary/aromatic N) is 1. The molecule has 1 N–H and O–H groups in total. The Kier molecular flexibility index (Phi) is 7.09. The lowest BCUT2D eigenvalue weighted by Gasteiger charge is -2.43. The summed E-state index contributed by atoms with van der Waals surface area (Å²) in [5.74, 6) is -12.0. The molecule has 26 heavy (non-hydrogen) atoms. The topological polar surface area (TPSA) is 23.5 Å². The van der Waals surface area contributed by atoms with Crippen LogP contribution in [0, 0.1) is 0 Å². The second kappa shape index (κ2) is 8.12. The van der Waals surface area contributed by atoms with Crippen LogP contribution in [0.5, 0.6) is 0 Å². The average Bonchev–Trinajstić information content (AvgIpc) is 2.49. The highest BCUT2D eigenvalue weighted by Crippen LogP contribution is 2.48. The maximum atomic E-state index is 13.7. The van der Waals surface area contributed by atoms with Crippen molar-refractivity contribution in [2.45, 2.75) is 62.4 Å². The molecule has 3 atom stereocenters. The number of halogens is 7. The Morgan fingerprint density at radius 2 is 1.69 bits per heavy atom. The van der Waals surface area contributed by atoms with Gasteiger partial charge in [0.05, 0.1) is 0 Å². The predicted octanol–water partition coefficient (Wildman–Crippen LogP) is 4.72. The number of hydrogen-bond donors (Lipinski definition) is 1. The van der Waals surface area contributed by atoms with Gasteiger partial charge in [-0.05, 0) is 26.2 Å². The highest BCUT2D eigenvalue weighted by atomic mass is 19.4. The van der Waals surface area contributed by atoms with E-state index in [0.29, 0.717) is 12.8 Å². The van der Waals surface area contributed by atoms with Crippen molar-refractivity contribution in [3.8, 4) is 0 Å². The zero-order chi connectivity index (χ0) is 20.3. The lowest BCUT2D eigenvalue weighted by Crippen LogP contribution is -2.61. The number of alkyl halides is 7. The van der Waals surface area contributed by atoms with Crippen LogP contribution in [0.15, 0.2) is 37.0 Å². The minimum atomic E-state index is -6.48. The highest BCUT2D eigenvalue weighted by Gasteiger charge is 2.75. The molecule has 3 unspecified atom stereocenters. The van der Waals surface area contributed by atoms with Crippen molar-refractivity contribution in [3.63, 3.8) is 0 Å². The van der Waals surface area contributed by atoms with Crippen molar-refractivity contribution >= 4 is 0 Å².